The third-order valence-corrected chi connectivity index (χ3v) is 1.61. The molecule has 6 heteroatoms. The van der Waals surface area contributed by atoms with Crippen molar-refractivity contribution in [2.24, 2.45) is 14.1 Å². The van der Waals surface area contributed by atoms with Crippen LogP contribution in [-0.2, 0) is 14.1 Å². The van der Waals surface area contributed by atoms with Crippen LogP contribution in [0, 0.1) is 5.41 Å². The Balaban J connectivity index is 0.00000121. The molecule has 0 bridgehead atoms. The molecule has 68 valence electrons. The third-order valence-electron chi connectivity index (χ3n) is 1.61. The molecule has 0 fully saturated rings. The molecular formula is C6H11ClN4O. The van der Waals surface area contributed by atoms with E-state index >= 15 is 0 Å². The summed E-state index contributed by atoms with van der Waals surface area (Å²) in [6.45, 7) is 0. The number of nitrogen functional groups attached to an aromatic ring is 1. The summed E-state index contributed by atoms with van der Waals surface area (Å²) >= 11 is 0. The van der Waals surface area contributed by atoms with Gasteiger partial charge in [0.1, 0.15) is 11.3 Å². The molecule has 1 aromatic heterocycles. The number of hydrogen-bond acceptors (Lipinski definition) is 3. The lowest BCUT2D eigenvalue weighted by Gasteiger charge is -2.04. The van der Waals surface area contributed by atoms with Gasteiger partial charge in [0.05, 0.1) is 0 Å². The van der Waals surface area contributed by atoms with Gasteiger partial charge in [0.2, 0.25) is 0 Å². The maximum atomic E-state index is 11.1. The van der Waals surface area contributed by atoms with Crippen molar-refractivity contribution in [3.8, 4) is 0 Å². The molecule has 12 heavy (non-hydrogen) atoms. The lowest BCUT2D eigenvalue weighted by Crippen LogP contribution is -2.37. The molecule has 0 aliphatic carbocycles. The maximum absolute atomic E-state index is 11.1. The number of nitrogens with zero attached hydrogens (tertiary/aromatic N) is 2. The largest absolute Gasteiger partial charge is 0.385 e. The van der Waals surface area contributed by atoms with E-state index in [1.807, 2.05) is 0 Å². The van der Waals surface area contributed by atoms with E-state index in [2.05, 4.69) is 0 Å². The fraction of sp³-hybridized carbons (Fsp3) is 0.333. The summed E-state index contributed by atoms with van der Waals surface area (Å²) in [5.41, 5.74) is 5.25. The lowest BCUT2D eigenvalue weighted by molar-refractivity contribution is 0.675. The predicted molar refractivity (Wildman–Crippen MR) is 48.2 cm³/mol. The number of rotatable bonds is 0. The summed E-state index contributed by atoms with van der Waals surface area (Å²) in [4.78, 5) is 11.1. The minimum Gasteiger partial charge on any atom is -0.385 e. The Morgan fingerprint density at radius 1 is 1.42 bits per heavy atom. The maximum Gasteiger partial charge on any atom is 0.330 e. The van der Waals surface area contributed by atoms with Crippen LogP contribution in [0.5, 0.6) is 0 Å². The number of nitrogens with two attached hydrogens (primary N) is 1. The molecule has 0 aromatic carbocycles. The smallest absolute Gasteiger partial charge is 0.330 e. The van der Waals surface area contributed by atoms with Gasteiger partial charge in [-0.2, -0.15) is 0 Å². The molecule has 0 radical (unpaired) electrons. The Bertz CT molecular complexity index is 392. The highest BCUT2D eigenvalue weighted by atomic mass is 35.5. The molecule has 3 N–H and O–H groups in total. The van der Waals surface area contributed by atoms with Crippen LogP contribution in [0.1, 0.15) is 0 Å². The summed E-state index contributed by atoms with van der Waals surface area (Å²) < 4.78 is 2.51. The van der Waals surface area contributed by atoms with Gasteiger partial charge in [-0.25, -0.2) is 4.79 Å². The van der Waals surface area contributed by atoms with Gasteiger partial charge in [-0.1, -0.05) is 0 Å². The van der Waals surface area contributed by atoms with Crippen molar-refractivity contribution in [1.82, 2.24) is 9.13 Å². The second kappa shape index (κ2) is 3.44. The highest BCUT2D eigenvalue weighted by Gasteiger charge is 1.98. The predicted octanol–water partition coefficient (Wildman–Crippen LogP) is -0.793. The summed E-state index contributed by atoms with van der Waals surface area (Å²) in [5.74, 6) is 0.304. The summed E-state index contributed by atoms with van der Waals surface area (Å²) in [6, 6.07) is 1.43. The van der Waals surface area contributed by atoms with Crippen molar-refractivity contribution in [3.63, 3.8) is 0 Å². The first-order chi connectivity index (χ1) is 5.04. The zero-order valence-electron chi connectivity index (χ0n) is 6.87. The standard InChI is InChI=1S/C6H10N4O.ClH/c1-9-4(7)3-5(8)10(2)6(9)11;/h3,7H,8H2,1-2H3;1H. The van der Waals surface area contributed by atoms with Gasteiger partial charge in [-0.05, 0) is 0 Å². The van der Waals surface area contributed by atoms with Gasteiger partial charge in [0.25, 0.3) is 0 Å². The van der Waals surface area contributed by atoms with Gasteiger partial charge >= 0.3 is 5.69 Å². The monoisotopic (exact) mass is 190 g/mol. The van der Waals surface area contributed by atoms with Gasteiger partial charge < -0.3 is 5.73 Å². The zero-order chi connectivity index (χ0) is 8.59. The van der Waals surface area contributed by atoms with Gasteiger partial charge in [-0.3, -0.25) is 14.5 Å². The number of halogens is 1. The van der Waals surface area contributed by atoms with Crippen LogP contribution in [0.2, 0.25) is 0 Å². The minimum atomic E-state index is -0.282. The van der Waals surface area contributed by atoms with Crippen LogP contribution < -0.4 is 16.9 Å². The Hall–Kier alpha value is -1.23. The van der Waals surface area contributed by atoms with E-state index in [0.29, 0.717) is 5.82 Å². The van der Waals surface area contributed by atoms with Crippen molar-refractivity contribution >= 4 is 18.2 Å². The number of anilines is 1. The normalized spacial score (nSPS) is 9.17. The molecule has 1 heterocycles. The average Bonchev–Trinajstić information content (AvgIpc) is 1.97. The van der Waals surface area contributed by atoms with Gasteiger partial charge in [0.15, 0.2) is 0 Å². The molecule has 0 unspecified atom stereocenters. The van der Waals surface area contributed by atoms with E-state index in [1.54, 1.807) is 7.05 Å². The van der Waals surface area contributed by atoms with Crippen LogP contribution in [0.4, 0.5) is 5.82 Å². The average molecular weight is 191 g/mol. The molecule has 0 spiro atoms. The number of hydrogen-bond donors (Lipinski definition) is 2. The van der Waals surface area contributed by atoms with Crippen molar-refractivity contribution in [2.45, 2.75) is 0 Å². The Labute approximate surface area is 75.4 Å². The third kappa shape index (κ3) is 1.50. The second-order valence-corrected chi connectivity index (χ2v) is 2.36. The quantitative estimate of drug-likeness (QED) is 0.563. The molecule has 0 amide bonds. The highest BCUT2D eigenvalue weighted by Crippen LogP contribution is 1.86. The fourth-order valence-electron chi connectivity index (χ4n) is 0.772. The van der Waals surface area contributed by atoms with Gasteiger partial charge in [0, 0.05) is 20.2 Å². The topological polar surface area (TPSA) is 76.8 Å². The van der Waals surface area contributed by atoms with Crippen molar-refractivity contribution < 1.29 is 0 Å². The molecule has 0 atom stereocenters. The van der Waals surface area contributed by atoms with E-state index in [4.69, 9.17) is 11.1 Å². The summed E-state index contributed by atoms with van der Waals surface area (Å²) in [6.07, 6.45) is 0. The first kappa shape index (κ1) is 10.8. The van der Waals surface area contributed by atoms with E-state index in [1.165, 1.54) is 22.2 Å². The van der Waals surface area contributed by atoms with Crippen LogP contribution in [0.15, 0.2) is 10.9 Å². The van der Waals surface area contributed by atoms with Crippen molar-refractivity contribution in [1.29, 1.82) is 5.41 Å². The van der Waals surface area contributed by atoms with E-state index in [0.717, 1.165) is 0 Å². The Kier molecular flexibility index (Phi) is 3.09. The molecule has 1 rings (SSSR count). The lowest BCUT2D eigenvalue weighted by atomic mass is 10.5. The van der Waals surface area contributed by atoms with Gasteiger partial charge in [-0.15, -0.1) is 12.4 Å². The zero-order valence-corrected chi connectivity index (χ0v) is 7.68. The fourth-order valence-corrected chi connectivity index (χ4v) is 0.772. The van der Waals surface area contributed by atoms with Crippen LogP contribution in [-0.4, -0.2) is 9.13 Å². The number of aromatic nitrogens is 2. The van der Waals surface area contributed by atoms with Crippen LogP contribution >= 0.6 is 12.4 Å². The van der Waals surface area contributed by atoms with E-state index in [-0.39, 0.29) is 23.6 Å². The van der Waals surface area contributed by atoms with Crippen molar-refractivity contribution in [2.75, 3.05) is 5.73 Å². The van der Waals surface area contributed by atoms with Crippen LogP contribution in [0.3, 0.4) is 0 Å². The van der Waals surface area contributed by atoms with E-state index in [9.17, 15) is 4.79 Å². The summed E-state index contributed by atoms with van der Waals surface area (Å²) in [5, 5.41) is 7.27. The highest BCUT2D eigenvalue weighted by molar-refractivity contribution is 5.85. The molecule has 5 nitrogen and oxygen atoms in total. The molecule has 0 aliphatic heterocycles. The second-order valence-electron chi connectivity index (χ2n) is 2.36. The molecule has 0 saturated heterocycles. The summed E-state index contributed by atoms with van der Waals surface area (Å²) in [7, 11) is 3.10. The number of nitrogens with one attached hydrogen (secondary N) is 1. The first-order valence-electron chi connectivity index (χ1n) is 3.11. The Morgan fingerprint density at radius 3 is 2.42 bits per heavy atom. The molecule has 1 aromatic rings. The van der Waals surface area contributed by atoms with E-state index < -0.39 is 0 Å². The molecular weight excluding hydrogens is 180 g/mol. The first-order valence-corrected chi connectivity index (χ1v) is 3.11. The van der Waals surface area contributed by atoms with Crippen molar-refractivity contribution in [3.05, 3.63) is 22.0 Å². The van der Waals surface area contributed by atoms with Crippen LogP contribution in [0.25, 0.3) is 0 Å². The minimum absolute atomic E-state index is 0. The SMILES string of the molecule is Cl.Cn1c(N)cc(=N)n(C)c1=O. The Morgan fingerprint density at radius 2 is 1.92 bits per heavy atom. The molecule has 0 saturated carbocycles. The molecule has 0 aliphatic rings.